The zero-order valence-electron chi connectivity index (χ0n) is 8.91. The fourth-order valence-corrected chi connectivity index (χ4v) is 1.25. The Morgan fingerprint density at radius 1 is 1.50 bits per heavy atom. The van der Waals surface area contributed by atoms with Crippen molar-refractivity contribution in [1.82, 2.24) is 9.78 Å². The average Bonchev–Trinajstić information content (AvgIpc) is 2.61. The van der Waals surface area contributed by atoms with E-state index in [9.17, 15) is 4.79 Å². The van der Waals surface area contributed by atoms with Gasteiger partial charge in [-0.1, -0.05) is 6.92 Å². The van der Waals surface area contributed by atoms with Gasteiger partial charge in [-0.2, -0.15) is 5.10 Å². The molecule has 0 aliphatic rings. The topological polar surface area (TPSA) is 44.1 Å². The molecule has 4 heteroatoms. The molecule has 78 valence electrons. The Morgan fingerprint density at radius 3 is 2.71 bits per heavy atom. The predicted octanol–water partition coefficient (Wildman–Crippen LogP) is 1.64. The van der Waals surface area contributed by atoms with Crippen LogP contribution in [0.3, 0.4) is 0 Å². The van der Waals surface area contributed by atoms with Gasteiger partial charge in [-0.3, -0.25) is 4.68 Å². The normalized spacial score (nSPS) is 10.2. The van der Waals surface area contributed by atoms with Crippen LogP contribution in [0.1, 0.15) is 37.0 Å². The molecule has 0 aromatic carbocycles. The molecule has 0 N–H and O–H groups in total. The Morgan fingerprint density at radius 2 is 2.21 bits per heavy atom. The summed E-state index contributed by atoms with van der Waals surface area (Å²) in [5, 5.41) is 4.27. The van der Waals surface area contributed by atoms with Crippen LogP contribution in [0.4, 0.5) is 0 Å². The third-order valence-corrected chi connectivity index (χ3v) is 1.98. The maximum atomic E-state index is 11.5. The second-order valence-electron chi connectivity index (χ2n) is 2.91. The van der Waals surface area contributed by atoms with E-state index in [2.05, 4.69) is 5.10 Å². The summed E-state index contributed by atoms with van der Waals surface area (Å²) < 4.78 is 6.61. The number of ether oxygens (including phenoxy) is 1. The first-order valence-electron chi connectivity index (χ1n) is 4.96. The lowest BCUT2D eigenvalue weighted by Gasteiger charge is -2.02. The Labute approximate surface area is 83.9 Å². The van der Waals surface area contributed by atoms with Crippen molar-refractivity contribution < 1.29 is 9.53 Å². The Hall–Kier alpha value is -1.32. The van der Waals surface area contributed by atoms with Crippen molar-refractivity contribution in [3.8, 4) is 0 Å². The summed E-state index contributed by atoms with van der Waals surface area (Å²) in [5.41, 5.74) is 1.47. The number of nitrogens with zero attached hydrogens (tertiary/aromatic N) is 2. The van der Waals surface area contributed by atoms with Crippen LogP contribution >= 0.6 is 0 Å². The van der Waals surface area contributed by atoms with Gasteiger partial charge in [0.05, 0.1) is 12.3 Å². The van der Waals surface area contributed by atoms with Gasteiger partial charge in [0.15, 0.2) is 0 Å². The third kappa shape index (κ3) is 2.13. The highest BCUT2D eigenvalue weighted by Gasteiger charge is 2.14. The highest BCUT2D eigenvalue weighted by atomic mass is 16.5. The molecule has 1 aromatic rings. The summed E-state index contributed by atoms with van der Waals surface area (Å²) in [6, 6.07) is 1.79. The van der Waals surface area contributed by atoms with Crippen molar-refractivity contribution in [3.05, 3.63) is 17.5 Å². The first-order chi connectivity index (χ1) is 6.72. The van der Waals surface area contributed by atoms with Crippen molar-refractivity contribution in [2.24, 2.45) is 0 Å². The van der Waals surface area contributed by atoms with E-state index >= 15 is 0 Å². The van der Waals surface area contributed by atoms with Crippen LogP contribution in [0.15, 0.2) is 6.07 Å². The van der Waals surface area contributed by atoms with E-state index < -0.39 is 0 Å². The fourth-order valence-electron chi connectivity index (χ4n) is 1.25. The molecule has 0 aliphatic carbocycles. The average molecular weight is 196 g/mol. The van der Waals surface area contributed by atoms with Gasteiger partial charge in [0.1, 0.15) is 5.69 Å². The largest absolute Gasteiger partial charge is 0.461 e. The molecule has 1 rings (SSSR count). The smallest absolute Gasteiger partial charge is 0.356 e. The number of rotatable bonds is 4. The van der Waals surface area contributed by atoms with Crippen molar-refractivity contribution in [3.63, 3.8) is 0 Å². The van der Waals surface area contributed by atoms with E-state index in [0.29, 0.717) is 18.8 Å². The van der Waals surface area contributed by atoms with Gasteiger partial charge in [-0.05, 0) is 26.3 Å². The summed E-state index contributed by atoms with van der Waals surface area (Å²) in [6.07, 6.45) is 0.833. The Kier molecular flexibility index (Phi) is 3.68. The standard InChI is InChI=1S/C10H16N2O2/c1-4-8-7-9(10(13)14-6-3)12(5-2)11-8/h7H,4-6H2,1-3H3. The first-order valence-corrected chi connectivity index (χ1v) is 4.96. The maximum Gasteiger partial charge on any atom is 0.356 e. The molecule has 0 saturated carbocycles. The van der Waals surface area contributed by atoms with Gasteiger partial charge >= 0.3 is 5.97 Å². The van der Waals surface area contributed by atoms with E-state index in [1.54, 1.807) is 17.7 Å². The molecule has 0 unspecified atom stereocenters. The number of carbonyl (C=O) groups excluding carboxylic acids is 1. The van der Waals surface area contributed by atoms with E-state index in [1.165, 1.54) is 0 Å². The number of hydrogen-bond donors (Lipinski definition) is 0. The maximum absolute atomic E-state index is 11.5. The van der Waals surface area contributed by atoms with E-state index in [-0.39, 0.29) is 5.97 Å². The summed E-state index contributed by atoms with van der Waals surface area (Å²) in [6.45, 7) is 6.85. The van der Waals surface area contributed by atoms with Crippen molar-refractivity contribution >= 4 is 5.97 Å². The molecule has 0 bridgehead atoms. The monoisotopic (exact) mass is 196 g/mol. The molecule has 0 amide bonds. The fraction of sp³-hybridized carbons (Fsp3) is 0.600. The molecular weight excluding hydrogens is 180 g/mol. The van der Waals surface area contributed by atoms with Crippen molar-refractivity contribution in [2.75, 3.05) is 6.61 Å². The molecule has 0 radical (unpaired) electrons. The predicted molar refractivity (Wildman–Crippen MR) is 53.2 cm³/mol. The third-order valence-electron chi connectivity index (χ3n) is 1.98. The lowest BCUT2D eigenvalue weighted by atomic mass is 10.3. The first kappa shape index (κ1) is 10.8. The lowest BCUT2D eigenvalue weighted by molar-refractivity contribution is 0.0512. The highest BCUT2D eigenvalue weighted by Crippen LogP contribution is 2.07. The molecule has 0 saturated heterocycles. The molecule has 1 aromatic heterocycles. The molecule has 0 spiro atoms. The van der Waals surface area contributed by atoms with Crippen LogP contribution in [-0.2, 0) is 17.7 Å². The van der Waals surface area contributed by atoms with Crippen LogP contribution in [-0.4, -0.2) is 22.4 Å². The number of hydrogen-bond acceptors (Lipinski definition) is 3. The minimum absolute atomic E-state index is 0.290. The Balaban J connectivity index is 2.93. The number of esters is 1. The molecule has 0 atom stereocenters. The summed E-state index contributed by atoms with van der Waals surface area (Å²) >= 11 is 0. The second-order valence-corrected chi connectivity index (χ2v) is 2.91. The van der Waals surface area contributed by atoms with Gasteiger partial charge in [0.25, 0.3) is 0 Å². The highest BCUT2D eigenvalue weighted by molar-refractivity contribution is 5.87. The second kappa shape index (κ2) is 4.79. The summed E-state index contributed by atoms with van der Waals surface area (Å²) in [5.74, 6) is -0.290. The van der Waals surface area contributed by atoms with Crippen LogP contribution in [0.5, 0.6) is 0 Å². The summed E-state index contributed by atoms with van der Waals surface area (Å²) in [4.78, 5) is 11.5. The zero-order valence-corrected chi connectivity index (χ0v) is 8.91. The van der Waals surface area contributed by atoms with E-state index in [4.69, 9.17) is 4.74 Å². The zero-order chi connectivity index (χ0) is 10.6. The number of carbonyl (C=O) groups is 1. The van der Waals surface area contributed by atoms with Gasteiger partial charge in [-0.25, -0.2) is 4.79 Å². The van der Waals surface area contributed by atoms with Crippen LogP contribution in [0.2, 0.25) is 0 Å². The summed E-state index contributed by atoms with van der Waals surface area (Å²) in [7, 11) is 0. The van der Waals surface area contributed by atoms with Crippen LogP contribution < -0.4 is 0 Å². The van der Waals surface area contributed by atoms with Crippen LogP contribution in [0, 0.1) is 0 Å². The number of aryl methyl sites for hydroxylation is 2. The van der Waals surface area contributed by atoms with E-state index in [1.807, 2.05) is 13.8 Å². The molecular formula is C10H16N2O2. The quantitative estimate of drug-likeness (QED) is 0.688. The van der Waals surface area contributed by atoms with Gasteiger partial charge in [-0.15, -0.1) is 0 Å². The van der Waals surface area contributed by atoms with E-state index in [0.717, 1.165) is 12.1 Å². The molecule has 0 aliphatic heterocycles. The van der Waals surface area contributed by atoms with Gasteiger partial charge < -0.3 is 4.74 Å². The van der Waals surface area contributed by atoms with Crippen molar-refractivity contribution in [1.29, 1.82) is 0 Å². The van der Waals surface area contributed by atoms with Crippen molar-refractivity contribution in [2.45, 2.75) is 33.7 Å². The molecule has 0 fully saturated rings. The number of aromatic nitrogens is 2. The Bertz CT molecular complexity index is 318. The molecule has 4 nitrogen and oxygen atoms in total. The van der Waals surface area contributed by atoms with Crippen LogP contribution in [0.25, 0.3) is 0 Å². The minimum Gasteiger partial charge on any atom is -0.461 e. The van der Waals surface area contributed by atoms with Gasteiger partial charge in [0.2, 0.25) is 0 Å². The minimum atomic E-state index is -0.290. The van der Waals surface area contributed by atoms with Gasteiger partial charge in [0, 0.05) is 6.54 Å². The molecule has 14 heavy (non-hydrogen) atoms. The SMILES string of the molecule is CCOC(=O)c1cc(CC)nn1CC. The molecule has 1 heterocycles. The lowest BCUT2D eigenvalue weighted by Crippen LogP contribution is -2.12.